The fourth-order valence-corrected chi connectivity index (χ4v) is 6.28. The zero-order valence-electron chi connectivity index (χ0n) is 21.2. The van der Waals surface area contributed by atoms with Gasteiger partial charge in [-0.3, -0.25) is 0 Å². The second-order valence-electron chi connectivity index (χ2n) is 10.0. The molecule has 180 valence electrons. The molecule has 0 spiro atoms. The normalized spacial score (nSPS) is 16.8. The minimum atomic E-state index is 0.288. The molecular formula is C38H28. The number of allylic oxidation sites excluding steroid dienone is 6. The van der Waals surface area contributed by atoms with Crippen LogP contribution in [0.1, 0.15) is 40.2 Å². The topological polar surface area (TPSA) is 0 Å². The summed E-state index contributed by atoms with van der Waals surface area (Å²) in [6.07, 6.45) is 0.993. The first-order valence-electron chi connectivity index (χ1n) is 13.4. The van der Waals surface area contributed by atoms with Crippen molar-refractivity contribution in [1.29, 1.82) is 0 Å². The highest BCUT2D eigenvalue weighted by molar-refractivity contribution is 6.28. The van der Waals surface area contributed by atoms with Gasteiger partial charge in [0.1, 0.15) is 0 Å². The molecule has 38 heavy (non-hydrogen) atoms. The molecule has 0 heterocycles. The van der Waals surface area contributed by atoms with Crippen LogP contribution in [0, 0.1) is 0 Å². The van der Waals surface area contributed by atoms with Crippen molar-refractivity contribution in [2.24, 2.45) is 0 Å². The molecule has 1 unspecified atom stereocenters. The van der Waals surface area contributed by atoms with Crippen LogP contribution in [0.4, 0.5) is 0 Å². The summed E-state index contributed by atoms with van der Waals surface area (Å²) in [6.45, 7) is 0. The van der Waals surface area contributed by atoms with Gasteiger partial charge in [-0.1, -0.05) is 152 Å². The molecule has 0 radical (unpaired) electrons. The Bertz CT molecular complexity index is 1670. The molecule has 0 saturated carbocycles. The van der Waals surface area contributed by atoms with E-state index >= 15 is 0 Å². The smallest absolute Gasteiger partial charge is 0.0143 e. The lowest BCUT2D eigenvalue weighted by molar-refractivity contribution is 0.874. The fraction of sp³-hybridized carbons (Fsp3) is 0.0526. The molecule has 0 bridgehead atoms. The second kappa shape index (κ2) is 9.65. The van der Waals surface area contributed by atoms with Crippen LogP contribution in [-0.2, 0) is 0 Å². The van der Waals surface area contributed by atoms with Gasteiger partial charge in [-0.05, 0) is 67.7 Å². The Hall–Kier alpha value is -4.68. The maximum atomic E-state index is 2.30. The third-order valence-corrected chi connectivity index (χ3v) is 7.86. The van der Waals surface area contributed by atoms with Crippen LogP contribution < -0.4 is 0 Å². The summed E-state index contributed by atoms with van der Waals surface area (Å²) in [6, 6.07) is 55.0. The van der Waals surface area contributed by atoms with E-state index < -0.39 is 0 Å². The number of rotatable bonds is 5. The van der Waals surface area contributed by atoms with E-state index in [-0.39, 0.29) is 5.92 Å². The predicted octanol–water partition coefficient (Wildman–Crippen LogP) is 9.71. The van der Waals surface area contributed by atoms with Crippen LogP contribution in [0.2, 0.25) is 0 Å². The molecule has 5 aromatic carbocycles. The van der Waals surface area contributed by atoms with Crippen LogP contribution in [0.15, 0.2) is 163 Å². The van der Waals surface area contributed by atoms with Gasteiger partial charge < -0.3 is 0 Å². The lowest BCUT2D eigenvalue weighted by atomic mass is 9.84. The minimum Gasteiger partial charge on any atom is -0.0622 e. The first-order valence-corrected chi connectivity index (χ1v) is 13.4. The average Bonchev–Trinajstić information content (AvgIpc) is 3.55. The first-order chi connectivity index (χ1) is 18.9. The van der Waals surface area contributed by atoms with Gasteiger partial charge in [-0.2, -0.15) is 0 Å². The van der Waals surface area contributed by atoms with Crippen molar-refractivity contribution in [3.05, 3.63) is 191 Å². The van der Waals surface area contributed by atoms with Gasteiger partial charge in [0, 0.05) is 5.92 Å². The van der Waals surface area contributed by atoms with Gasteiger partial charge in [0.05, 0.1) is 0 Å². The molecule has 0 nitrogen and oxygen atoms in total. The molecule has 0 fully saturated rings. The minimum absolute atomic E-state index is 0.288. The molecular weight excluding hydrogens is 456 g/mol. The van der Waals surface area contributed by atoms with Crippen LogP contribution in [0.3, 0.4) is 0 Å². The van der Waals surface area contributed by atoms with Gasteiger partial charge in [0.25, 0.3) is 0 Å². The third-order valence-electron chi connectivity index (χ3n) is 7.86. The number of hydrogen-bond acceptors (Lipinski definition) is 0. The fourth-order valence-electron chi connectivity index (χ4n) is 6.28. The van der Waals surface area contributed by atoms with Gasteiger partial charge in [-0.25, -0.2) is 0 Å². The molecule has 2 aliphatic rings. The van der Waals surface area contributed by atoms with Crippen LogP contribution in [0.5, 0.6) is 0 Å². The Morgan fingerprint density at radius 1 is 0.342 bits per heavy atom. The van der Waals surface area contributed by atoms with Crippen molar-refractivity contribution in [3.8, 4) is 0 Å². The van der Waals surface area contributed by atoms with Gasteiger partial charge >= 0.3 is 0 Å². The first kappa shape index (κ1) is 22.5. The summed E-state index contributed by atoms with van der Waals surface area (Å²) < 4.78 is 0. The summed E-state index contributed by atoms with van der Waals surface area (Å²) >= 11 is 0. The largest absolute Gasteiger partial charge is 0.0622 e. The zero-order valence-corrected chi connectivity index (χ0v) is 21.2. The SMILES string of the molecule is c1ccc(C2=C3C(c4ccccc4)=C(c4ccccc4)C(c4ccccc4)=C3C(c3ccccc3)C2)cc1. The van der Waals surface area contributed by atoms with E-state index in [1.165, 1.54) is 61.3 Å². The standard InChI is InChI=1S/C38H28/c1-6-16-27(17-7-1)32-26-33(28-18-8-2-9-19-28)38-36(31-24-14-5-15-25-31)34(29-20-10-3-11-21-29)35(37(32)38)30-22-12-4-13-23-30/h1-25,32H,26H2. The lowest BCUT2D eigenvalue weighted by Crippen LogP contribution is -2.00. The summed E-state index contributed by atoms with van der Waals surface area (Å²) in [7, 11) is 0. The molecule has 0 heteroatoms. The molecule has 5 aromatic rings. The van der Waals surface area contributed by atoms with Crippen molar-refractivity contribution in [1.82, 2.24) is 0 Å². The van der Waals surface area contributed by atoms with E-state index in [4.69, 9.17) is 0 Å². The number of hydrogen-bond donors (Lipinski definition) is 0. The van der Waals surface area contributed by atoms with Gasteiger partial charge in [-0.15, -0.1) is 0 Å². The van der Waals surface area contributed by atoms with Crippen molar-refractivity contribution in [3.63, 3.8) is 0 Å². The van der Waals surface area contributed by atoms with Crippen molar-refractivity contribution >= 4 is 22.3 Å². The predicted molar refractivity (Wildman–Crippen MR) is 160 cm³/mol. The lowest BCUT2D eigenvalue weighted by Gasteiger charge is -2.19. The quantitative estimate of drug-likeness (QED) is 0.233. The Labute approximate surface area is 224 Å². The molecule has 0 aromatic heterocycles. The van der Waals surface area contributed by atoms with E-state index in [9.17, 15) is 0 Å². The average molecular weight is 485 g/mol. The monoisotopic (exact) mass is 484 g/mol. The molecule has 0 N–H and O–H groups in total. The van der Waals surface area contributed by atoms with E-state index in [0.29, 0.717) is 0 Å². The summed E-state index contributed by atoms with van der Waals surface area (Å²) in [5.74, 6) is 0.288. The van der Waals surface area contributed by atoms with E-state index in [2.05, 4.69) is 152 Å². The second-order valence-corrected chi connectivity index (χ2v) is 10.0. The van der Waals surface area contributed by atoms with Crippen molar-refractivity contribution in [2.45, 2.75) is 12.3 Å². The van der Waals surface area contributed by atoms with E-state index in [0.717, 1.165) is 6.42 Å². The Kier molecular flexibility index (Phi) is 5.72. The van der Waals surface area contributed by atoms with E-state index in [1.54, 1.807) is 0 Å². The third kappa shape index (κ3) is 3.78. The van der Waals surface area contributed by atoms with Gasteiger partial charge in [0.2, 0.25) is 0 Å². The molecule has 7 rings (SSSR count). The van der Waals surface area contributed by atoms with Gasteiger partial charge in [0.15, 0.2) is 0 Å². The summed E-state index contributed by atoms with van der Waals surface area (Å²) in [4.78, 5) is 0. The highest BCUT2D eigenvalue weighted by atomic mass is 14.4. The van der Waals surface area contributed by atoms with Crippen LogP contribution in [-0.4, -0.2) is 0 Å². The molecule has 0 aliphatic heterocycles. The highest BCUT2D eigenvalue weighted by Gasteiger charge is 2.42. The van der Waals surface area contributed by atoms with Crippen LogP contribution in [0.25, 0.3) is 22.3 Å². The molecule has 0 saturated heterocycles. The molecule has 2 aliphatic carbocycles. The Morgan fingerprint density at radius 3 is 1.18 bits per heavy atom. The highest BCUT2D eigenvalue weighted by Crippen LogP contribution is 2.62. The van der Waals surface area contributed by atoms with Crippen molar-refractivity contribution in [2.75, 3.05) is 0 Å². The van der Waals surface area contributed by atoms with E-state index in [1.807, 2.05) is 0 Å². The number of fused-ring (bicyclic) bond motifs is 1. The van der Waals surface area contributed by atoms with Crippen LogP contribution >= 0.6 is 0 Å². The maximum absolute atomic E-state index is 2.30. The molecule has 0 amide bonds. The zero-order chi connectivity index (χ0) is 25.3. The molecule has 1 atom stereocenters. The Morgan fingerprint density at radius 2 is 0.711 bits per heavy atom. The van der Waals surface area contributed by atoms with Crippen molar-refractivity contribution < 1.29 is 0 Å². The maximum Gasteiger partial charge on any atom is 0.0143 e. The number of benzene rings is 5. The summed E-state index contributed by atoms with van der Waals surface area (Å²) in [5.41, 5.74) is 14.9. The summed E-state index contributed by atoms with van der Waals surface area (Å²) in [5, 5.41) is 0. The Balaban J connectivity index is 1.63.